The molecule has 1 aromatic heterocycles. The van der Waals surface area contributed by atoms with Crippen molar-refractivity contribution in [2.45, 2.75) is 39.0 Å². The van der Waals surface area contributed by atoms with Crippen LogP contribution in [0.1, 0.15) is 29.2 Å². The first-order chi connectivity index (χ1) is 9.35. The molecule has 0 fully saturated rings. The van der Waals surface area contributed by atoms with Crippen LogP contribution in [0.4, 0.5) is 5.82 Å². The number of anilines is 1. The number of aromatic amines is 1. The highest BCUT2D eigenvalue weighted by atomic mass is 32.2. The molecule has 108 valence electrons. The van der Waals surface area contributed by atoms with Crippen LogP contribution in [-0.4, -0.2) is 18.6 Å². The zero-order chi connectivity index (χ0) is 14.9. The Balaban J connectivity index is 2.46. The van der Waals surface area contributed by atoms with Gasteiger partial charge in [-0.05, 0) is 38.3 Å². The molecule has 2 aromatic rings. The van der Waals surface area contributed by atoms with Crippen LogP contribution in [0, 0.1) is 20.8 Å². The molecule has 0 saturated carbocycles. The van der Waals surface area contributed by atoms with E-state index >= 15 is 0 Å². The Labute approximate surface area is 119 Å². The SMILES string of the molecule is CCc1cn[nH]c1NS(=O)(=O)c1c(C)cc(C)cc1C. The first kappa shape index (κ1) is 14.6. The summed E-state index contributed by atoms with van der Waals surface area (Å²) in [5.41, 5.74) is 3.38. The minimum atomic E-state index is -3.62. The zero-order valence-electron chi connectivity index (χ0n) is 12.1. The van der Waals surface area contributed by atoms with E-state index in [4.69, 9.17) is 0 Å². The molecule has 0 spiro atoms. The summed E-state index contributed by atoms with van der Waals surface area (Å²) in [4.78, 5) is 0.333. The maximum absolute atomic E-state index is 12.6. The highest BCUT2D eigenvalue weighted by Gasteiger charge is 2.21. The number of benzene rings is 1. The Morgan fingerprint density at radius 3 is 2.35 bits per heavy atom. The molecule has 1 heterocycles. The van der Waals surface area contributed by atoms with Gasteiger partial charge in [0.1, 0.15) is 5.82 Å². The normalized spacial score (nSPS) is 11.6. The zero-order valence-corrected chi connectivity index (χ0v) is 12.9. The number of hydrogen-bond acceptors (Lipinski definition) is 3. The average Bonchev–Trinajstić information content (AvgIpc) is 2.73. The summed E-state index contributed by atoms with van der Waals surface area (Å²) >= 11 is 0. The van der Waals surface area contributed by atoms with Gasteiger partial charge in [0.15, 0.2) is 0 Å². The van der Waals surface area contributed by atoms with Crippen molar-refractivity contribution >= 4 is 15.8 Å². The van der Waals surface area contributed by atoms with Crippen LogP contribution in [0.25, 0.3) is 0 Å². The predicted octanol–water partition coefficient (Wildman–Crippen LogP) is 2.70. The summed E-state index contributed by atoms with van der Waals surface area (Å²) in [5.74, 6) is 0.437. The summed E-state index contributed by atoms with van der Waals surface area (Å²) in [6.07, 6.45) is 2.34. The van der Waals surface area contributed by atoms with Gasteiger partial charge in [0.05, 0.1) is 11.1 Å². The van der Waals surface area contributed by atoms with Gasteiger partial charge in [-0.1, -0.05) is 24.6 Å². The van der Waals surface area contributed by atoms with Gasteiger partial charge in [0.25, 0.3) is 10.0 Å². The summed E-state index contributed by atoms with van der Waals surface area (Å²) in [6.45, 7) is 7.52. The maximum atomic E-state index is 12.6. The molecule has 2 rings (SSSR count). The minimum absolute atomic E-state index is 0.333. The minimum Gasteiger partial charge on any atom is -0.263 e. The second kappa shape index (κ2) is 5.28. The van der Waals surface area contributed by atoms with Crippen molar-refractivity contribution in [3.8, 4) is 0 Å². The molecule has 0 aliphatic carbocycles. The van der Waals surface area contributed by atoms with E-state index in [0.29, 0.717) is 17.1 Å². The summed E-state index contributed by atoms with van der Waals surface area (Å²) < 4.78 is 27.7. The molecule has 0 aliphatic rings. The van der Waals surface area contributed by atoms with Gasteiger partial charge in [0, 0.05) is 5.56 Å². The topological polar surface area (TPSA) is 74.8 Å². The molecule has 0 bridgehead atoms. The molecule has 0 atom stereocenters. The van der Waals surface area contributed by atoms with Crippen LogP contribution in [0.2, 0.25) is 0 Å². The summed E-state index contributed by atoms with van der Waals surface area (Å²) in [5, 5.41) is 6.57. The van der Waals surface area contributed by atoms with Crippen molar-refractivity contribution in [1.29, 1.82) is 0 Å². The predicted molar refractivity (Wildman–Crippen MR) is 79.4 cm³/mol. The first-order valence-corrected chi connectivity index (χ1v) is 7.96. The van der Waals surface area contributed by atoms with E-state index < -0.39 is 10.0 Å². The van der Waals surface area contributed by atoms with Crippen molar-refractivity contribution in [1.82, 2.24) is 10.2 Å². The van der Waals surface area contributed by atoms with Gasteiger partial charge in [-0.3, -0.25) is 9.82 Å². The third-order valence-corrected chi connectivity index (χ3v) is 4.86. The van der Waals surface area contributed by atoms with Crippen molar-refractivity contribution in [2.24, 2.45) is 0 Å². The molecular weight excluding hydrogens is 274 g/mol. The van der Waals surface area contributed by atoms with Crippen LogP contribution in [0.15, 0.2) is 23.2 Å². The number of hydrogen-bond donors (Lipinski definition) is 2. The lowest BCUT2D eigenvalue weighted by Crippen LogP contribution is -2.17. The van der Waals surface area contributed by atoms with E-state index in [-0.39, 0.29) is 0 Å². The van der Waals surface area contributed by atoms with Gasteiger partial charge in [-0.25, -0.2) is 8.42 Å². The van der Waals surface area contributed by atoms with Crippen LogP contribution in [0.5, 0.6) is 0 Å². The number of aryl methyl sites for hydroxylation is 4. The van der Waals surface area contributed by atoms with E-state index in [9.17, 15) is 8.42 Å². The van der Waals surface area contributed by atoms with Crippen molar-refractivity contribution in [3.63, 3.8) is 0 Å². The fourth-order valence-electron chi connectivity index (χ4n) is 2.44. The van der Waals surface area contributed by atoms with E-state index in [2.05, 4.69) is 14.9 Å². The van der Waals surface area contributed by atoms with E-state index in [0.717, 1.165) is 22.3 Å². The van der Waals surface area contributed by atoms with E-state index in [1.54, 1.807) is 6.20 Å². The molecule has 0 aliphatic heterocycles. The van der Waals surface area contributed by atoms with Crippen LogP contribution in [-0.2, 0) is 16.4 Å². The molecule has 0 saturated heterocycles. The van der Waals surface area contributed by atoms with Gasteiger partial charge >= 0.3 is 0 Å². The van der Waals surface area contributed by atoms with E-state index in [1.165, 1.54) is 0 Å². The third kappa shape index (κ3) is 2.70. The van der Waals surface area contributed by atoms with Crippen molar-refractivity contribution in [2.75, 3.05) is 4.72 Å². The quantitative estimate of drug-likeness (QED) is 0.910. The molecular formula is C14H19N3O2S. The Hall–Kier alpha value is -1.82. The number of H-pyrrole nitrogens is 1. The first-order valence-electron chi connectivity index (χ1n) is 6.48. The van der Waals surface area contributed by atoms with Crippen LogP contribution >= 0.6 is 0 Å². The Morgan fingerprint density at radius 2 is 1.80 bits per heavy atom. The lowest BCUT2D eigenvalue weighted by atomic mass is 10.1. The second-order valence-corrected chi connectivity index (χ2v) is 6.58. The lowest BCUT2D eigenvalue weighted by molar-refractivity contribution is 0.599. The number of nitrogens with one attached hydrogen (secondary N) is 2. The van der Waals surface area contributed by atoms with Gasteiger partial charge in [0.2, 0.25) is 0 Å². The Bertz CT molecular complexity index is 710. The molecule has 0 unspecified atom stereocenters. The number of nitrogens with zero attached hydrogens (tertiary/aromatic N) is 1. The fraction of sp³-hybridized carbons (Fsp3) is 0.357. The smallest absolute Gasteiger partial charge is 0.263 e. The number of sulfonamides is 1. The van der Waals surface area contributed by atoms with Crippen molar-refractivity contribution in [3.05, 3.63) is 40.6 Å². The molecule has 0 radical (unpaired) electrons. The molecule has 2 N–H and O–H groups in total. The highest BCUT2D eigenvalue weighted by molar-refractivity contribution is 7.92. The lowest BCUT2D eigenvalue weighted by Gasteiger charge is -2.13. The highest BCUT2D eigenvalue weighted by Crippen LogP contribution is 2.24. The molecule has 1 aromatic carbocycles. The third-order valence-electron chi connectivity index (χ3n) is 3.21. The molecule has 0 amide bonds. The monoisotopic (exact) mass is 293 g/mol. The summed E-state index contributed by atoms with van der Waals surface area (Å²) in [7, 11) is -3.62. The van der Waals surface area contributed by atoms with Crippen LogP contribution in [0.3, 0.4) is 0 Å². The maximum Gasteiger partial charge on any atom is 0.263 e. The standard InChI is InChI=1S/C14H19N3O2S/c1-5-12-8-15-16-14(12)17-20(18,19)13-10(3)6-9(2)7-11(13)4/h6-8H,5H2,1-4H3,(H2,15,16,17). The Morgan fingerprint density at radius 1 is 1.20 bits per heavy atom. The fourth-order valence-corrected chi connectivity index (χ4v) is 3.96. The molecule has 20 heavy (non-hydrogen) atoms. The molecule has 5 nitrogen and oxygen atoms in total. The van der Waals surface area contributed by atoms with Gasteiger partial charge in [-0.2, -0.15) is 5.10 Å². The van der Waals surface area contributed by atoms with Gasteiger partial charge in [-0.15, -0.1) is 0 Å². The van der Waals surface area contributed by atoms with E-state index in [1.807, 2.05) is 39.8 Å². The second-order valence-electron chi connectivity index (χ2n) is 4.96. The number of aromatic nitrogens is 2. The van der Waals surface area contributed by atoms with Gasteiger partial charge < -0.3 is 0 Å². The molecule has 6 heteroatoms. The number of rotatable bonds is 4. The van der Waals surface area contributed by atoms with Crippen molar-refractivity contribution < 1.29 is 8.42 Å². The Kier molecular flexibility index (Phi) is 3.85. The van der Waals surface area contributed by atoms with Crippen LogP contribution < -0.4 is 4.72 Å². The summed E-state index contributed by atoms with van der Waals surface area (Å²) in [6, 6.07) is 3.74. The average molecular weight is 293 g/mol. The largest absolute Gasteiger partial charge is 0.263 e.